The average molecular weight is 274 g/mol. The number of rotatable bonds is 4. The average Bonchev–Trinajstić information content (AvgIpc) is 2.86. The van der Waals surface area contributed by atoms with Gasteiger partial charge in [-0.15, -0.1) is 0 Å². The highest BCUT2D eigenvalue weighted by atomic mass is 16.5. The zero-order valence-electron chi connectivity index (χ0n) is 11.8. The standard InChI is InChI=1S/C15H18N2O3/c1-10-4-9-14(20-10)11(2)16-15(18)17-12-5-7-13(19-3)8-6-12/h4-9,11H,1-3H3,(H2,16,17,18). The first-order valence-electron chi connectivity index (χ1n) is 6.36. The molecule has 1 unspecified atom stereocenters. The number of carbonyl (C=O) groups excluding carboxylic acids is 1. The Hall–Kier alpha value is -2.43. The van der Waals surface area contributed by atoms with E-state index in [1.165, 1.54) is 0 Å². The molecular weight excluding hydrogens is 256 g/mol. The maximum absolute atomic E-state index is 11.9. The van der Waals surface area contributed by atoms with Crippen LogP contribution >= 0.6 is 0 Å². The van der Waals surface area contributed by atoms with Crippen LogP contribution in [-0.4, -0.2) is 13.1 Å². The molecule has 2 N–H and O–H groups in total. The summed E-state index contributed by atoms with van der Waals surface area (Å²) in [5.41, 5.74) is 0.700. The predicted octanol–water partition coefficient (Wildman–Crippen LogP) is 3.48. The Labute approximate surface area is 117 Å². The molecule has 0 bridgehead atoms. The number of methoxy groups -OCH3 is 1. The number of urea groups is 1. The van der Waals surface area contributed by atoms with Crippen LogP contribution in [0.5, 0.6) is 5.75 Å². The molecule has 1 heterocycles. The topological polar surface area (TPSA) is 63.5 Å². The quantitative estimate of drug-likeness (QED) is 0.897. The van der Waals surface area contributed by atoms with Crippen molar-refractivity contribution >= 4 is 11.7 Å². The monoisotopic (exact) mass is 274 g/mol. The number of nitrogens with one attached hydrogen (secondary N) is 2. The highest BCUT2D eigenvalue weighted by Crippen LogP contribution is 2.17. The zero-order chi connectivity index (χ0) is 14.5. The van der Waals surface area contributed by atoms with Crippen LogP contribution in [0.4, 0.5) is 10.5 Å². The Balaban J connectivity index is 1.91. The first-order chi connectivity index (χ1) is 9.58. The molecule has 0 fully saturated rings. The molecule has 0 aliphatic heterocycles. The van der Waals surface area contributed by atoms with Crippen molar-refractivity contribution in [3.63, 3.8) is 0 Å². The van der Waals surface area contributed by atoms with E-state index in [2.05, 4.69) is 10.6 Å². The summed E-state index contributed by atoms with van der Waals surface area (Å²) in [6.07, 6.45) is 0. The molecule has 0 saturated heterocycles. The van der Waals surface area contributed by atoms with E-state index >= 15 is 0 Å². The summed E-state index contributed by atoms with van der Waals surface area (Å²) in [4.78, 5) is 11.9. The third-order valence-corrected chi connectivity index (χ3v) is 2.88. The smallest absolute Gasteiger partial charge is 0.319 e. The van der Waals surface area contributed by atoms with Gasteiger partial charge in [-0.3, -0.25) is 0 Å². The number of benzene rings is 1. The highest BCUT2D eigenvalue weighted by molar-refractivity contribution is 5.89. The number of ether oxygens (including phenoxy) is 1. The summed E-state index contributed by atoms with van der Waals surface area (Å²) in [6, 6.07) is 10.4. The summed E-state index contributed by atoms with van der Waals surface area (Å²) < 4.78 is 10.5. The molecule has 0 spiro atoms. The molecule has 0 saturated carbocycles. The second kappa shape index (κ2) is 6.14. The maximum atomic E-state index is 11.9. The summed E-state index contributed by atoms with van der Waals surface area (Å²) in [5, 5.41) is 5.56. The van der Waals surface area contributed by atoms with Gasteiger partial charge in [0.25, 0.3) is 0 Å². The molecule has 1 aromatic carbocycles. The first kappa shape index (κ1) is 14.0. The van der Waals surface area contributed by atoms with Crippen LogP contribution in [0.3, 0.4) is 0 Å². The van der Waals surface area contributed by atoms with E-state index in [1.54, 1.807) is 31.4 Å². The third-order valence-electron chi connectivity index (χ3n) is 2.88. The van der Waals surface area contributed by atoms with Crippen molar-refractivity contribution in [2.45, 2.75) is 19.9 Å². The number of amides is 2. The number of anilines is 1. The van der Waals surface area contributed by atoms with Gasteiger partial charge in [0, 0.05) is 5.69 Å². The molecule has 1 atom stereocenters. The zero-order valence-corrected chi connectivity index (χ0v) is 11.8. The predicted molar refractivity (Wildman–Crippen MR) is 77.0 cm³/mol. The second-order valence-electron chi connectivity index (χ2n) is 4.50. The fourth-order valence-electron chi connectivity index (χ4n) is 1.80. The van der Waals surface area contributed by atoms with Crippen molar-refractivity contribution in [2.75, 3.05) is 12.4 Å². The van der Waals surface area contributed by atoms with Crippen LogP contribution < -0.4 is 15.4 Å². The summed E-state index contributed by atoms with van der Waals surface area (Å²) in [7, 11) is 1.60. The number of hydrogen-bond acceptors (Lipinski definition) is 3. The van der Waals surface area contributed by atoms with Crippen LogP contribution in [0, 0.1) is 6.92 Å². The van der Waals surface area contributed by atoms with Crippen molar-refractivity contribution in [3.05, 3.63) is 47.9 Å². The summed E-state index contributed by atoms with van der Waals surface area (Å²) in [5.74, 6) is 2.30. The van der Waals surface area contributed by atoms with Gasteiger partial charge in [-0.2, -0.15) is 0 Å². The maximum Gasteiger partial charge on any atom is 0.319 e. The van der Waals surface area contributed by atoms with Gasteiger partial charge in [-0.05, 0) is 50.2 Å². The molecule has 2 aromatic rings. The molecule has 2 amide bonds. The van der Waals surface area contributed by atoms with Gasteiger partial charge in [0.1, 0.15) is 17.3 Å². The molecule has 106 valence electrons. The van der Waals surface area contributed by atoms with Crippen molar-refractivity contribution in [1.29, 1.82) is 0 Å². The van der Waals surface area contributed by atoms with E-state index in [9.17, 15) is 4.79 Å². The minimum absolute atomic E-state index is 0.193. The first-order valence-corrected chi connectivity index (χ1v) is 6.36. The number of aryl methyl sites for hydroxylation is 1. The summed E-state index contributed by atoms with van der Waals surface area (Å²) >= 11 is 0. The van der Waals surface area contributed by atoms with Crippen molar-refractivity contribution in [3.8, 4) is 5.75 Å². The lowest BCUT2D eigenvalue weighted by molar-refractivity contribution is 0.247. The van der Waals surface area contributed by atoms with Crippen molar-refractivity contribution in [1.82, 2.24) is 5.32 Å². The Morgan fingerprint density at radius 1 is 1.20 bits per heavy atom. The minimum atomic E-state index is -0.281. The largest absolute Gasteiger partial charge is 0.497 e. The van der Waals surface area contributed by atoms with E-state index < -0.39 is 0 Å². The molecule has 5 nitrogen and oxygen atoms in total. The van der Waals surface area contributed by atoms with Crippen molar-refractivity contribution in [2.24, 2.45) is 0 Å². The van der Waals surface area contributed by atoms with Crippen LogP contribution in [0.25, 0.3) is 0 Å². The van der Waals surface area contributed by atoms with E-state index in [0.717, 1.165) is 17.3 Å². The molecular formula is C15H18N2O3. The van der Waals surface area contributed by atoms with E-state index in [1.807, 2.05) is 26.0 Å². The van der Waals surface area contributed by atoms with Gasteiger partial charge in [0.05, 0.1) is 13.2 Å². The summed E-state index contributed by atoms with van der Waals surface area (Å²) in [6.45, 7) is 3.74. The van der Waals surface area contributed by atoms with Gasteiger partial charge >= 0.3 is 6.03 Å². The normalized spacial score (nSPS) is 11.8. The van der Waals surface area contributed by atoms with Crippen LogP contribution in [0.1, 0.15) is 24.5 Å². The highest BCUT2D eigenvalue weighted by Gasteiger charge is 2.12. The van der Waals surface area contributed by atoms with Gasteiger partial charge in [-0.25, -0.2) is 4.79 Å². The fourth-order valence-corrected chi connectivity index (χ4v) is 1.80. The SMILES string of the molecule is COc1ccc(NC(=O)NC(C)c2ccc(C)o2)cc1. The van der Waals surface area contributed by atoms with Crippen LogP contribution in [-0.2, 0) is 0 Å². The Kier molecular flexibility index (Phi) is 4.30. The molecule has 0 radical (unpaired) electrons. The second-order valence-corrected chi connectivity index (χ2v) is 4.50. The number of furan rings is 1. The molecule has 20 heavy (non-hydrogen) atoms. The molecule has 2 rings (SSSR count). The van der Waals surface area contributed by atoms with Crippen LogP contribution in [0.2, 0.25) is 0 Å². The lowest BCUT2D eigenvalue weighted by Gasteiger charge is -2.12. The third kappa shape index (κ3) is 3.54. The number of carbonyl (C=O) groups is 1. The lowest BCUT2D eigenvalue weighted by atomic mass is 10.2. The molecule has 5 heteroatoms. The molecule has 1 aromatic heterocycles. The minimum Gasteiger partial charge on any atom is -0.497 e. The van der Waals surface area contributed by atoms with E-state index in [-0.39, 0.29) is 12.1 Å². The molecule has 0 aliphatic rings. The van der Waals surface area contributed by atoms with Crippen LogP contribution in [0.15, 0.2) is 40.8 Å². The fraction of sp³-hybridized carbons (Fsp3) is 0.267. The van der Waals surface area contributed by atoms with Gasteiger partial charge < -0.3 is 19.8 Å². The van der Waals surface area contributed by atoms with E-state index in [4.69, 9.17) is 9.15 Å². The Morgan fingerprint density at radius 3 is 2.45 bits per heavy atom. The molecule has 0 aliphatic carbocycles. The Morgan fingerprint density at radius 2 is 1.90 bits per heavy atom. The Bertz CT molecular complexity index is 575. The lowest BCUT2D eigenvalue weighted by Crippen LogP contribution is -2.30. The van der Waals surface area contributed by atoms with Gasteiger partial charge in [0.15, 0.2) is 0 Å². The van der Waals surface area contributed by atoms with Gasteiger partial charge in [0.2, 0.25) is 0 Å². The van der Waals surface area contributed by atoms with Gasteiger partial charge in [-0.1, -0.05) is 0 Å². The number of hydrogen-bond donors (Lipinski definition) is 2. The van der Waals surface area contributed by atoms with Crippen molar-refractivity contribution < 1.29 is 13.9 Å². The van der Waals surface area contributed by atoms with E-state index in [0.29, 0.717) is 5.69 Å².